The van der Waals surface area contributed by atoms with Gasteiger partial charge in [0.25, 0.3) is 11.8 Å². The molecule has 30 heavy (non-hydrogen) atoms. The van der Waals surface area contributed by atoms with Gasteiger partial charge >= 0.3 is 0 Å². The van der Waals surface area contributed by atoms with E-state index in [1.54, 1.807) is 41.2 Å². The lowest BCUT2D eigenvalue weighted by Crippen LogP contribution is -2.27. The number of aryl methyl sites for hydroxylation is 1. The largest absolute Gasteiger partial charge is 0.368 e. The molecule has 1 aliphatic heterocycles. The molecule has 2 amide bonds. The predicted octanol–water partition coefficient (Wildman–Crippen LogP) is 3.61. The Balaban J connectivity index is 1.43. The van der Waals surface area contributed by atoms with Crippen molar-refractivity contribution in [2.24, 2.45) is 0 Å². The number of nitrogens with one attached hydrogen (secondary N) is 2. The minimum Gasteiger partial charge on any atom is -0.368 e. The van der Waals surface area contributed by atoms with E-state index in [1.807, 2.05) is 25.1 Å². The van der Waals surface area contributed by atoms with Gasteiger partial charge in [-0.1, -0.05) is 35.9 Å². The average molecular weight is 404 g/mol. The molecule has 2 heterocycles. The monoisotopic (exact) mass is 404 g/mol. The quantitative estimate of drug-likeness (QED) is 0.657. The zero-order valence-electron chi connectivity index (χ0n) is 16.8. The first-order chi connectivity index (χ1) is 14.6. The van der Waals surface area contributed by atoms with E-state index in [0.717, 1.165) is 18.4 Å². The van der Waals surface area contributed by atoms with Gasteiger partial charge in [-0.25, -0.2) is 4.68 Å². The summed E-state index contributed by atoms with van der Waals surface area (Å²) >= 11 is 0. The Hall–Kier alpha value is -3.45. The van der Waals surface area contributed by atoms with Crippen LogP contribution in [0.5, 0.6) is 0 Å². The number of ether oxygens (including phenoxy) is 1. The number of aromatic nitrogens is 2. The number of hydrogen-bond donors (Lipinski definition) is 2. The van der Waals surface area contributed by atoms with Crippen molar-refractivity contribution in [3.8, 4) is 0 Å². The number of benzene rings is 2. The summed E-state index contributed by atoms with van der Waals surface area (Å²) in [6.07, 6.45) is 2.84. The van der Waals surface area contributed by atoms with Crippen LogP contribution >= 0.6 is 0 Å². The Morgan fingerprint density at radius 2 is 2.00 bits per heavy atom. The minimum atomic E-state index is -0.418. The molecule has 0 saturated carbocycles. The summed E-state index contributed by atoms with van der Waals surface area (Å²) in [6, 6.07) is 16.8. The van der Waals surface area contributed by atoms with E-state index in [9.17, 15) is 9.59 Å². The molecule has 154 valence electrons. The molecule has 1 aromatic heterocycles. The summed E-state index contributed by atoms with van der Waals surface area (Å²) in [5, 5.41) is 10.0. The van der Waals surface area contributed by atoms with Crippen molar-refractivity contribution in [1.82, 2.24) is 9.78 Å². The van der Waals surface area contributed by atoms with Crippen LogP contribution in [0.25, 0.3) is 0 Å². The van der Waals surface area contributed by atoms with Crippen molar-refractivity contribution in [3.63, 3.8) is 0 Å². The maximum Gasteiger partial charge on any atom is 0.256 e. The lowest BCUT2D eigenvalue weighted by atomic mass is 10.1. The molecule has 1 atom stereocenters. The van der Waals surface area contributed by atoms with Crippen LogP contribution in [0.1, 0.15) is 34.3 Å². The van der Waals surface area contributed by atoms with Gasteiger partial charge in [-0.05, 0) is 43.5 Å². The third kappa shape index (κ3) is 4.75. The Morgan fingerprint density at radius 3 is 2.80 bits per heavy atom. The molecular formula is C23H24N4O3. The van der Waals surface area contributed by atoms with E-state index in [4.69, 9.17) is 4.74 Å². The first-order valence-corrected chi connectivity index (χ1v) is 10.00. The lowest BCUT2D eigenvalue weighted by molar-refractivity contribution is -0.124. The minimum absolute atomic E-state index is 0.179. The van der Waals surface area contributed by atoms with Crippen molar-refractivity contribution in [2.75, 3.05) is 17.2 Å². The molecule has 1 saturated heterocycles. The number of carbonyl (C=O) groups excluding carboxylic acids is 2. The third-order valence-electron chi connectivity index (χ3n) is 4.99. The molecule has 7 heteroatoms. The van der Waals surface area contributed by atoms with Gasteiger partial charge in [-0.3, -0.25) is 9.59 Å². The second kappa shape index (κ2) is 8.92. The number of rotatable bonds is 6. The summed E-state index contributed by atoms with van der Waals surface area (Å²) in [6.45, 7) is 3.21. The van der Waals surface area contributed by atoms with E-state index >= 15 is 0 Å². The van der Waals surface area contributed by atoms with Gasteiger partial charge in [-0.15, -0.1) is 0 Å². The maximum atomic E-state index is 12.8. The van der Waals surface area contributed by atoms with Crippen LogP contribution in [0.15, 0.2) is 60.8 Å². The number of carbonyl (C=O) groups is 2. The van der Waals surface area contributed by atoms with Crippen LogP contribution in [0.3, 0.4) is 0 Å². The van der Waals surface area contributed by atoms with Crippen LogP contribution in [0, 0.1) is 6.92 Å². The second-order valence-corrected chi connectivity index (χ2v) is 7.39. The number of nitrogens with zero attached hydrogens (tertiary/aromatic N) is 2. The summed E-state index contributed by atoms with van der Waals surface area (Å²) in [5.41, 5.74) is 3.29. The van der Waals surface area contributed by atoms with E-state index in [1.165, 1.54) is 5.56 Å². The SMILES string of the molecule is Cc1cccc(Cn2nccc2NC(=O)c2cccc(NC(=O)[C@H]3CCCO3)c2)c1. The molecular weight excluding hydrogens is 380 g/mol. The smallest absolute Gasteiger partial charge is 0.256 e. The number of anilines is 2. The maximum absolute atomic E-state index is 12.8. The van der Waals surface area contributed by atoms with Crippen LogP contribution < -0.4 is 10.6 Å². The molecule has 0 spiro atoms. The standard InChI is InChI=1S/C23H24N4O3/c1-16-5-2-6-17(13-16)15-27-21(10-11-24-27)26-22(28)18-7-3-8-19(14-18)25-23(29)20-9-4-12-30-20/h2-3,5-8,10-11,13-14,20H,4,9,12,15H2,1H3,(H,25,29)(H,26,28)/t20-/m1/s1. The Labute approximate surface area is 175 Å². The van der Waals surface area contributed by atoms with Gasteiger partial charge in [0.15, 0.2) is 0 Å². The molecule has 3 aromatic rings. The van der Waals surface area contributed by atoms with Crippen molar-refractivity contribution in [1.29, 1.82) is 0 Å². The van der Waals surface area contributed by atoms with Crippen LogP contribution in [-0.4, -0.2) is 34.3 Å². The highest BCUT2D eigenvalue weighted by atomic mass is 16.5. The van der Waals surface area contributed by atoms with Gasteiger partial charge in [0, 0.05) is 23.9 Å². The molecule has 1 aliphatic rings. The fraction of sp³-hybridized carbons (Fsp3) is 0.261. The van der Waals surface area contributed by atoms with Crippen LogP contribution in [0.4, 0.5) is 11.5 Å². The molecule has 0 unspecified atom stereocenters. The molecule has 0 aliphatic carbocycles. The molecule has 1 fully saturated rings. The van der Waals surface area contributed by atoms with E-state index in [2.05, 4.69) is 21.8 Å². The van der Waals surface area contributed by atoms with Gasteiger partial charge < -0.3 is 15.4 Å². The van der Waals surface area contributed by atoms with Gasteiger partial charge in [0.2, 0.25) is 0 Å². The molecule has 4 rings (SSSR count). The third-order valence-corrected chi connectivity index (χ3v) is 4.99. The second-order valence-electron chi connectivity index (χ2n) is 7.39. The van der Waals surface area contributed by atoms with E-state index < -0.39 is 6.10 Å². The molecule has 7 nitrogen and oxygen atoms in total. The molecule has 0 radical (unpaired) electrons. The number of amides is 2. The molecule has 2 N–H and O–H groups in total. The molecule has 0 bridgehead atoms. The van der Waals surface area contributed by atoms with Gasteiger partial charge in [-0.2, -0.15) is 5.10 Å². The van der Waals surface area contributed by atoms with Crippen LogP contribution in [-0.2, 0) is 16.1 Å². The zero-order chi connectivity index (χ0) is 20.9. The zero-order valence-corrected chi connectivity index (χ0v) is 16.8. The Kier molecular flexibility index (Phi) is 5.90. The van der Waals surface area contributed by atoms with Crippen molar-refractivity contribution in [3.05, 3.63) is 77.5 Å². The number of hydrogen-bond acceptors (Lipinski definition) is 4. The molecule has 2 aromatic carbocycles. The lowest BCUT2D eigenvalue weighted by Gasteiger charge is -2.12. The normalized spacial score (nSPS) is 15.7. The van der Waals surface area contributed by atoms with E-state index in [0.29, 0.717) is 30.2 Å². The van der Waals surface area contributed by atoms with Crippen molar-refractivity contribution < 1.29 is 14.3 Å². The van der Waals surface area contributed by atoms with Crippen LogP contribution in [0.2, 0.25) is 0 Å². The van der Waals surface area contributed by atoms with Gasteiger partial charge in [0.1, 0.15) is 11.9 Å². The Bertz CT molecular complexity index is 1050. The Morgan fingerprint density at radius 1 is 1.13 bits per heavy atom. The van der Waals surface area contributed by atoms with Gasteiger partial charge in [0.05, 0.1) is 12.7 Å². The highest BCUT2D eigenvalue weighted by molar-refractivity contribution is 6.05. The topological polar surface area (TPSA) is 85.3 Å². The fourth-order valence-electron chi connectivity index (χ4n) is 3.48. The highest BCUT2D eigenvalue weighted by Gasteiger charge is 2.23. The highest BCUT2D eigenvalue weighted by Crippen LogP contribution is 2.18. The van der Waals surface area contributed by atoms with Crippen molar-refractivity contribution in [2.45, 2.75) is 32.4 Å². The fourth-order valence-corrected chi connectivity index (χ4v) is 3.48. The summed E-state index contributed by atoms with van der Waals surface area (Å²) < 4.78 is 7.15. The average Bonchev–Trinajstić information content (AvgIpc) is 3.41. The predicted molar refractivity (Wildman–Crippen MR) is 115 cm³/mol. The summed E-state index contributed by atoms with van der Waals surface area (Å²) in [4.78, 5) is 25.0. The first kappa shape index (κ1) is 19.8. The van der Waals surface area contributed by atoms with E-state index in [-0.39, 0.29) is 11.8 Å². The summed E-state index contributed by atoms with van der Waals surface area (Å²) in [7, 11) is 0. The van der Waals surface area contributed by atoms with Crippen molar-refractivity contribution >= 4 is 23.3 Å². The summed E-state index contributed by atoms with van der Waals surface area (Å²) in [5.74, 6) is 0.158. The first-order valence-electron chi connectivity index (χ1n) is 10.00.